The standard InChI is InChI=1S/C28H28Cl2N2O4/c1-16(2)20-8-5-7-17(3)24(20)26(33)32-23(28(35)36-4)15-18-11-13-19(14-12-18)31-27(34)25-21(29)9-6-10-22(25)30/h5-14,16,23H,15H2,1-4H3,(H,31,34)(H,32,33). The van der Waals surface area contributed by atoms with Gasteiger partial charge in [0.15, 0.2) is 0 Å². The molecule has 2 amide bonds. The molecule has 1 atom stereocenters. The van der Waals surface area contributed by atoms with Gasteiger partial charge < -0.3 is 15.4 Å². The van der Waals surface area contributed by atoms with Crippen LogP contribution in [0, 0.1) is 6.92 Å². The van der Waals surface area contributed by atoms with Gasteiger partial charge >= 0.3 is 5.97 Å². The van der Waals surface area contributed by atoms with E-state index in [4.69, 9.17) is 27.9 Å². The summed E-state index contributed by atoms with van der Waals surface area (Å²) in [6.07, 6.45) is 0.214. The van der Waals surface area contributed by atoms with Crippen molar-refractivity contribution in [1.29, 1.82) is 0 Å². The van der Waals surface area contributed by atoms with Crippen LogP contribution < -0.4 is 10.6 Å². The van der Waals surface area contributed by atoms with E-state index in [-0.39, 0.29) is 33.9 Å². The lowest BCUT2D eigenvalue weighted by Crippen LogP contribution is -2.43. The highest BCUT2D eigenvalue weighted by Gasteiger charge is 2.25. The summed E-state index contributed by atoms with van der Waals surface area (Å²) in [6, 6.07) is 16.6. The number of hydrogen-bond donors (Lipinski definition) is 2. The molecule has 0 fully saturated rings. The molecule has 2 N–H and O–H groups in total. The van der Waals surface area contributed by atoms with Crippen molar-refractivity contribution in [3.63, 3.8) is 0 Å². The summed E-state index contributed by atoms with van der Waals surface area (Å²) < 4.78 is 4.94. The summed E-state index contributed by atoms with van der Waals surface area (Å²) in [5.41, 5.74) is 3.80. The minimum Gasteiger partial charge on any atom is -0.467 e. The molecule has 36 heavy (non-hydrogen) atoms. The van der Waals surface area contributed by atoms with Crippen LogP contribution in [0.15, 0.2) is 60.7 Å². The summed E-state index contributed by atoms with van der Waals surface area (Å²) in [6.45, 7) is 5.91. The Morgan fingerprint density at radius 1 is 0.861 bits per heavy atom. The van der Waals surface area contributed by atoms with Crippen molar-refractivity contribution in [3.05, 3.63) is 98.5 Å². The maximum absolute atomic E-state index is 13.2. The van der Waals surface area contributed by atoms with E-state index in [2.05, 4.69) is 10.6 Å². The molecule has 8 heteroatoms. The average Bonchev–Trinajstić information content (AvgIpc) is 2.83. The van der Waals surface area contributed by atoms with Crippen LogP contribution in [0.4, 0.5) is 5.69 Å². The smallest absolute Gasteiger partial charge is 0.328 e. The minimum atomic E-state index is -0.885. The van der Waals surface area contributed by atoms with Crippen molar-refractivity contribution in [1.82, 2.24) is 5.32 Å². The van der Waals surface area contributed by atoms with Crippen molar-refractivity contribution >= 4 is 46.7 Å². The zero-order valence-corrected chi connectivity index (χ0v) is 22.0. The molecule has 0 spiro atoms. The molecular weight excluding hydrogens is 499 g/mol. The van der Waals surface area contributed by atoms with Crippen molar-refractivity contribution in [2.45, 2.75) is 39.2 Å². The number of carbonyl (C=O) groups is 3. The molecule has 3 aromatic carbocycles. The van der Waals surface area contributed by atoms with Crippen LogP contribution in [0.3, 0.4) is 0 Å². The second kappa shape index (κ2) is 12.1. The Kier molecular flexibility index (Phi) is 9.13. The number of nitrogens with one attached hydrogen (secondary N) is 2. The number of rotatable bonds is 8. The number of ether oxygens (including phenoxy) is 1. The lowest BCUT2D eigenvalue weighted by Gasteiger charge is -2.20. The number of hydrogen-bond acceptors (Lipinski definition) is 4. The second-order valence-corrected chi connectivity index (χ2v) is 9.51. The highest BCUT2D eigenvalue weighted by molar-refractivity contribution is 6.40. The van der Waals surface area contributed by atoms with Gasteiger partial charge in [-0.2, -0.15) is 0 Å². The summed E-state index contributed by atoms with van der Waals surface area (Å²) in [5.74, 6) is -1.16. The lowest BCUT2D eigenvalue weighted by atomic mass is 9.93. The molecule has 3 rings (SSSR count). The Morgan fingerprint density at radius 3 is 2.06 bits per heavy atom. The van der Waals surface area contributed by atoms with Gasteiger partial charge in [0.1, 0.15) is 6.04 Å². The van der Waals surface area contributed by atoms with Crippen molar-refractivity contribution in [3.8, 4) is 0 Å². The molecule has 0 radical (unpaired) electrons. The normalized spacial score (nSPS) is 11.6. The van der Waals surface area contributed by atoms with Crippen LogP contribution in [0.5, 0.6) is 0 Å². The van der Waals surface area contributed by atoms with Gasteiger partial charge in [-0.1, -0.05) is 73.4 Å². The third kappa shape index (κ3) is 6.45. The first-order valence-corrected chi connectivity index (χ1v) is 12.2. The van der Waals surface area contributed by atoms with Gasteiger partial charge in [-0.25, -0.2) is 4.79 Å². The number of amides is 2. The Morgan fingerprint density at radius 2 is 1.47 bits per heavy atom. The van der Waals surface area contributed by atoms with Crippen LogP contribution in [0.25, 0.3) is 0 Å². The number of methoxy groups -OCH3 is 1. The van der Waals surface area contributed by atoms with E-state index in [0.717, 1.165) is 16.7 Å². The molecule has 0 saturated carbocycles. The predicted molar refractivity (Wildman–Crippen MR) is 143 cm³/mol. The monoisotopic (exact) mass is 526 g/mol. The van der Waals surface area contributed by atoms with Gasteiger partial charge in [0.25, 0.3) is 11.8 Å². The van der Waals surface area contributed by atoms with Crippen LogP contribution in [0.1, 0.15) is 57.2 Å². The summed E-state index contributed by atoms with van der Waals surface area (Å²) >= 11 is 12.2. The fourth-order valence-corrected chi connectivity index (χ4v) is 4.48. The lowest BCUT2D eigenvalue weighted by molar-refractivity contribution is -0.142. The second-order valence-electron chi connectivity index (χ2n) is 8.69. The summed E-state index contributed by atoms with van der Waals surface area (Å²) in [5, 5.41) is 6.10. The maximum atomic E-state index is 13.2. The van der Waals surface area contributed by atoms with Crippen LogP contribution in [0.2, 0.25) is 10.0 Å². The molecule has 0 aliphatic rings. The van der Waals surface area contributed by atoms with E-state index < -0.39 is 17.9 Å². The summed E-state index contributed by atoms with van der Waals surface area (Å²) in [7, 11) is 1.28. The summed E-state index contributed by atoms with van der Waals surface area (Å²) in [4.78, 5) is 38.3. The van der Waals surface area contributed by atoms with Gasteiger partial charge in [-0.15, -0.1) is 0 Å². The highest BCUT2D eigenvalue weighted by atomic mass is 35.5. The average molecular weight is 527 g/mol. The molecular formula is C28H28Cl2N2O4. The number of halogens is 2. The molecule has 0 aromatic heterocycles. The quantitative estimate of drug-likeness (QED) is 0.342. The van der Waals surface area contributed by atoms with Crippen LogP contribution >= 0.6 is 23.2 Å². The van der Waals surface area contributed by atoms with Gasteiger partial charge in [-0.05, 0) is 53.8 Å². The van der Waals surface area contributed by atoms with E-state index in [1.807, 2.05) is 39.0 Å². The molecule has 1 unspecified atom stereocenters. The Hall–Kier alpha value is -3.35. The molecule has 0 aliphatic heterocycles. The fraction of sp³-hybridized carbons (Fsp3) is 0.250. The Balaban J connectivity index is 1.75. The van der Waals surface area contributed by atoms with E-state index in [1.165, 1.54) is 7.11 Å². The Bertz CT molecular complexity index is 1250. The topological polar surface area (TPSA) is 84.5 Å². The number of aryl methyl sites for hydroxylation is 1. The van der Waals surface area contributed by atoms with Crippen molar-refractivity contribution < 1.29 is 19.1 Å². The third-order valence-electron chi connectivity index (χ3n) is 5.79. The van der Waals surface area contributed by atoms with Crippen LogP contribution in [-0.4, -0.2) is 30.9 Å². The van der Waals surface area contributed by atoms with Crippen molar-refractivity contribution in [2.75, 3.05) is 12.4 Å². The first-order valence-electron chi connectivity index (χ1n) is 11.4. The zero-order valence-electron chi connectivity index (χ0n) is 20.5. The fourth-order valence-electron chi connectivity index (χ4n) is 3.92. The van der Waals surface area contributed by atoms with Gasteiger partial charge in [0.05, 0.1) is 22.7 Å². The number of benzene rings is 3. The van der Waals surface area contributed by atoms with Gasteiger partial charge in [0.2, 0.25) is 0 Å². The maximum Gasteiger partial charge on any atom is 0.328 e. The highest BCUT2D eigenvalue weighted by Crippen LogP contribution is 2.26. The molecule has 6 nitrogen and oxygen atoms in total. The number of carbonyl (C=O) groups excluding carboxylic acids is 3. The predicted octanol–water partition coefficient (Wildman–Crippen LogP) is 6.19. The Labute approximate surface area is 220 Å². The number of anilines is 1. The van der Waals surface area contributed by atoms with E-state index >= 15 is 0 Å². The van der Waals surface area contributed by atoms with Gasteiger partial charge in [-0.3, -0.25) is 9.59 Å². The van der Waals surface area contributed by atoms with E-state index in [0.29, 0.717) is 11.3 Å². The minimum absolute atomic E-state index is 0.144. The van der Waals surface area contributed by atoms with Gasteiger partial charge in [0, 0.05) is 17.7 Å². The first-order chi connectivity index (χ1) is 17.1. The third-order valence-corrected chi connectivity index (χ3v) is 6.42. The number of esters is 1. The zero-order chi connectivity index (χ0) is 26.4. The SMILES string of the molecule is COC(=O)C(Cc1ccc(NC(=O)c2c(Cl)cccc2Cl)cc1)NC(=O)c1c(C)cccc1C(C)C. The molecule has 0 aliphatic carbocycles. The van der Waals surface area contributed by atoms with E-state index in [1.54, 1.807) is 42.5 Å². The van der Waals surface area contributed by atoms with Crippen molar-refractivity contribution in [2.24, 2.45) is 0 Å². The first kappa shape index (κ1) is 27.2. The molecule has 0 bridgehead atoms. The van der Waals surface area contributed by atoms with E-state index in [9.17, 15) is 14.4 Å². The largest absolute Gasteiger partial charge is 0.467 e. The molecule has 3 aromatic rings. The van der Waals surface area contributed by atoms with Crippen LogP contribution in [-0.2, 0) is 16.0 Å². The molecule has 188 valence electrons. The molecule has 0 saturated heterocycles. The molecule has 0 heterocycles.